The van der Waals surface area contributed by atoms with Crippen molar-refractivity contribution < 1.29 is 13.9 Å². The Kier molecular flexibility index (Phi) is 9.99. The topological polar surface area (TPSA) is 30.5 Å². The number of benzene rings is 2. The van der Waals surface area contributed by atoms with Gasteiger partial charge in [-0.1, -0.05) is 32.0 Å². The van der Waals surface area contributed by atoms with Crippen LogP contribution in [0.5, 0.6) is 11.5 Å². The van der Waals surface area contributed by atoms with Gasteiger partial charge in [0.2, 0.25) is 0 Å². The zero-order valence-corrected chi connectivity index (χ0v) is 17.8. The minimum Gasteiger partial charge on any atom is -0.490 e. The normalized spacial score (nSPS) is 10.5. The third-order valence-electron chi connectivity index (χ3n) is 3.58. The number of hydrogen-bond donors (Lipinski definition) is 1. The van der Waals surface area contributed by atoms with Crippen molar-refractivity contribution in [1.29, 1.82) is 0 Å². The highest BCUT2D eigenvalue weighted by Crippen LogP contribution is 2.37. The van der Waals surface area contributed by atoms with Crippen LogP contribution in [0.3, 0.4) is 0 Å². The fourth-order valence-corrected chi connectivity index (χ4v) is 3.00. The fraction of sp³-hybridized carbons (Fsp3) is 0.400. The second kappa shape index (κ2) is 11.4. The lowest BCUT2D eigenvalue weighted by Gasteiger charge is -2.16. The van der Waals surface area contributed by atoms with Crippen LogP contribution in [0.2, 0.25) is 0 Å². The van der Waals surface area contributed by atoms with Crippen molar-refractivity contribution in [3.8, 4) is 11.5 Å². The third-order valence-corrected chi connectivity index (χ3v) is 4.17. The summed E-state index contributed by atoms with van der Waals surface area (Å²) in [6.07, 6.45) is 0. The molecule has 0 heterocycles. The molecule has 0 saturated carbocycles. The molecule has 26 heavy (non-hydrogen) atoms. The van der Waals surface area contributed by atoms with Gasteiger partial charge in [0.05, 0.1) is 11.1 Å². The van der Waals surface area contributed by atoms with E-state index in [0.29, 0.717) is 29.6 Å². The van der Waals surface area contributed by atoms with Gasteiger partial charge in [-0.2, -0.15) is 0 Å². The summed E-state index contributed by atoms with van der Waals surface area (Å²) < 4.78 is 26.2. The molecular weight excluding hydrogens is 421 g/mol. The lowest BCUT2D eigenvalue weighted by molar-refractivity contribution is 0.264. The van der Waals surface area contributed by atoms with E-state index in [1.807, 2.05) is 19.1 Å². The zero-order valence-electron chi connectivity index (χ0n) is 15.4. The first-order valence-electron chi connectivity index (χ1n) is 8.53. The summed E-state index contributed by atoms with van der Waals surface area (Å²) >= 11 is 3.55. The van der Waals surface area contributed by atoms with Crippen LogP contribution < -0.4 is 14.8 Å². The minimum absolute atomic E-state index is 0. The molecule has 6 heteroatoms. The summed E-state index contributed by atoms with van der Waals surface area (Å²) in [7, 11) is 0. The Balaban J connectivity index is 0.00000338. The molecule has 0 spiro atoms. The number of halogens is 3. The third kappa shape index (κ3) is 6.78. The Hall–Kier alpha value is -1.30. The molecule has 0 radical (unpaired) electrons. The first-order chi connectivity index (χ1) is 12.0. The maximum Gasteiger partial charge on any atom is 0.175 e. The molecule has 0 amide bonds. The van der Waals surface area contributed by atoms with Gasteiger partial charge in [-0.25, -0.2) is 4.39 Å². The maximum absolute atomic E-state index is 13.8. The predicted molar refractivity (Wildman–Crippen MR) is 110 cm³/mol. The van der Waals surface area contributed by atoms with Crippen LogP contribution in [-0.4, -0.2) is 13.2 Å². The quantitative estimate of drug-likeness (QED) is 0.533. The summed E-state index contributed by atoms with van der Waals surface area (Å²) in [6, 6.07) is 10.6. The molecule has 0 fully saturated rings. The van der Waals surface area contributed by atoms with Crippen LogP contribution in [0.1, 0.15) is 31.9 Å². The monoisotopic (exact) mass is 445 g/mol. The summed E-state index contributed by atoms with van der Waals surface area (Å²) in [5.74, 6) is 1.58. The van der Waals surface area contributed by atoms with Crippen LogP contribution in [0.15, 0.2) is 40.9 Å². The molecular formula is C20H26BrClFNO2. The molecule has 0 aliphatic carbocycles. The Morgan fingerprint density at radius 3 is 2.54 bits per heavy atom. The van der Waals surface area contributed by atoms with Crippen LogP contribution >= 0.6 is 28.3 Å². The largest absolute Gasteiger partial charge is 0.490 e. The van der Waals surface area contributed by atoms with Crippen molar-refractivity contribution in [2.75, 3.05) is 13.2 Å². The molecule has 0 aromatic heterocycles. The van der Waals surface area contributed by atoms with Crippen molar-refractivity contribution >= 4 is 28.3 Å². The summed E-state index contributed by atoms with van der Waals surface area (Å²) in [4.78, 5) is 0. The van der Waals surface area contributed by atoms with E-state index in [2.05, 4.69) is 35.1 Å². The zero-order chi connectivity index (χ0) is 18.2. The van der Waals surface area contributed by atoms with Crippen LogP contribution in [0.25, 0.3) is 0 Å². The van der Waals surface area contributed by atoms with E-state index in [-0.39, 0.29) is 24.8 Å². The van der Waals surface area contributed by atoms with Gasteiger partial charge in [0.1, 0.15) is 12.4 Å². The fourth-order valence-electron chi connectivity index (χ4n) is 2.40. The van der Waals surface area contributed by atoms with Crippen molar-refractivity contribution in [2.24, 2.45) is 5.92 Å². The summed E-state index contributed by atoms with van der Waals surface area (Å²) in [6.45, 7) is 8.67. The molecule has 2 aromatic rings. The van der Waals surface area contributed by atoms with Gasteiger partial charge < -0.3 is 14.8 Å². The first kappa shape index (κ1) is 22.7. The number of hydrogen-bond acceptors (Lipinski definition) is 3. The Bertz CT molecular complexity index is 698. The minimum atomic E-state index is -0.272. The molecule has 0 saturated heterocycles. The second-order valence-corrected chi connectivity index (χ2v) is 7.10. The van der Waals surface area contributed by atoms with E-state index in [4.69, 9.17) is 9.47 Å². The number of nitrogens with one attached hydrogen (secondary N) is 1. The lowest BCUT2D eigenvalue weighted by atomic mass is 10.1. The SMILES string of the molecule is CCOc1cc(CNCC(C)C)cc(Br)c1OCc1ccccc1F.Cl. The Labute approximate surface area is 169 Å². The van der Waals surface area contributed by atoms with Gasteiger partial charge >= 0.3 is 0 Å². The Morgan fingerprint density at radius 2 is 1.88 bits per heavy atom. The highest BCUT2D eigenvalue weighted by Gasteiger charge is 2.13. The molecule has 2 aromatic carbocycles. The van der Waals surface area contributed by atoms with Gasteiger partial charge in [0.15, 0.2) is 11.5 Å². The standard InChI is InChI=1S/C20H25BrFNO2.ClH/c1-4-24-19-10-15(12-23-11-14(2)3)9-17(21)20(19)25-13-16-7-5-6-8-18(16)22;/h5-10,14,23H,4,11-13H2,1-3H3;1H. The average molecular weight is 447 g/mol. The summed E-state index contributed by atoms with van der Waals surface area (Å²) in [5, 5.41) is 3.42. The van der Waals surface area contributed by atoms with Crippen LogP contribution in [-0.2, 0) is 13.2 Å². The number of ether oxygens (including phenoxy) is 2. The van der Waals surface area contributed by atoms with E-state index in [9.17, 15) is 4.39 Å². The van der Waals surface area contributed by atoms with E-state index >= 15 is 0 Å². The first-order valence-corrected chi connectivity index (χ1v) is 9.32. The van der Waals surface area contributed by atoms with Crippen molar-refractivity contribution in [3.63, 3.8) is 0 Å². The Morgan fingerprint density at radius 1 is 1.15 bits per heavy atom. The van der Waals surface area contributed by atoms with Gasteiger partial charge in [0, 0.05) is 12.1 Å². The van der Waals surface area contributed by atoms with Crippen LogP contribution in [0, 0.1) is 11.7 Å². The summed E-state index contributed by atoms with van der Waals surface area (Å²) in [5.41, 5.74) is 1.62. The van der Waals surface area contributed by atoms with Crippen molar-refractivity contribution in [1.82, 2.24) is 5.32 Å². The van der Waals surface area contributed by atoms with E-state index < -0.39 is 0 Å². The maximum atomic E-state index is 13.8. The smallest absolute Gasteiger partial charge is 0.175 e. The molecule has 2 rings (SSSR count). The van der Waals surface area contributed by atoms with E-state index in [1.54, 1.807) is 18.2 Å². The molecule has 0 aliphatic rings. The molecule has 1 N–H and O–H groups in total. The van der Waals surface area contributed by atoms with Crippen molar-refractivity contribution in [3.05, 3.63) is 57.8 Å². The number of rotatable bonds is 9. The molecule has 0 unspecified atom stereocenters. The predicted octanol–water partition coefficient (Wildman–Crippen LogP) is 5.73. The van der Waals surface area contributed by atoms with Crippen LogP contribution in [0.4, 0.5) is 4.39 Å². The average Bonchev–Trinajstić information content (AvgIpc) is 2.55. The molecule has 3 nitrogen and oxygen atoms in total. The van der Waals surface area contributed by atoms with Gasteiger partial charge in [-0.15, -0.1) is 12.4 Å². The molecule has 0 bridgehead atoms. The molecule has 0 atom stereocenters. The molecule has 144 valence electrons. The highest BCUT2D eigenvalue weighted by atomic mass is 79.9. The van der Waals surface area contributed by atoms with Crippen molar-refractivity contribution in [2.45, 2.75) is 33.9 Å². The van der Waals surface area contributed by atoms with Gasteiger partial charge in [-0.3, -0.25) is 0 Å². The van der Waals surface area contributed by atoms with E-state index in [0.717, 1.165) is 23.1 Å². The van der Waals surface area contributed by atoms with E-state index in [1.165, 1.54) is 6.07 Å². The molecule has 0 aliphatic heterocycles. The van der Waals surface area contributed by atoms with Gasteiger partial charge in [-0.05, 0) is 59.1 Å². The highest BCUT2D eigenvalue weighted by molar-refractivity contribution is 9.10. The second-order valence-electron chi connectivity index (χ2n) is 6.24. The lowest BCUT2D eigenvalue weighted by Crippen LogP contribution is -2.19. The van der Waals surface area contributed by atoms with Gasteiger partial charge in [0.25, 0.3) is 0 Å².